The largest absolute Gasteiger partial charge is 0.398 e. The smallest absolute Gasteiger partial charge is 0.0501 e. The zero-order chi connectivity index (χ0) is 12.1. The fourth-order valence-electron chi connectivity index (χ4n) is 4.26. The van der Waals surface area contributed by atoms with Crippen molar-refractivity contribution < 1.29 is 0 Å². The lowest BCUT2D eigenvalue weighted by molar-refractivity contribution is 0.299. The van der Waals surface area contributed by atoms with Gasteiger partial charge in [0.2, 0.25) is 0 Å². The SMILES string of the molecule is Nc1cccc2c1ccn2CC1CC2CCC1C2. The molecule has 2 N–H and O–H groups in total. The third-order valence-corrected chi connectivity index (χ3v) is 5.16. The van der Waals surface area contributed by atoms with E-state index in [0.29, 0.717) is 0 Å². The van der Waals surface area contributed by atoms with Gasteiger partial charge in [-0.3, -0.25) is 0 Å². The molecule has 0 amide bonds. The molecule has 2 nitrogen and oxygen atoms in total. The maximum Gasteiger partial charge on any atom is 0.0501 e. The summed E-state index contributed by atoms with van der Waals surface area (Å²) < 4.78 is 2.41. The second kappa shape index (κ2) is 3.78. The highest BCUT2D eigenvalue weighted by Crippen LogP contribution is 2.49. The van der Waals surface area contributed by atoms with E-state index in [-0.39, 0.29) is 0 Å². The van der Waals surface area contributed by atoms with E-state index in [1.165, 1.54) is 43.1 Å². The van der Waals surface area contributed by atoms with Crippen molar-refractivity contribution in [3.63, 3.8) is 0 Å². The summed E-state index contributed by atoms with van der Waals surface area (Å²) in [6, 6.07) is 8.41. The van der Waals surface area contributed by atoms with Crippen molar-refractivity contribution in [1.29, 1.82) is 0 Å². The van der Waals surface area contributed by atoms with Gasteiger partial charge < -0.3 is 10.3 Å². The van der Waals surface area contributed by atoms with Gasteiger partial charge in [-0.05, 0) is 55.2 Å². The number of anilines is 1. The van der Waals surface area contributed by atoms with E-state index >= 15 is 0 Å². The topological polar surface area (TPSA) is 30.9 Å². The van der Waals surface area contributed by atoms with Crippen LogP contribution in [0.1, 0.15) is 25.7 Å². The van der Waals surface area contributed by atoms with Gasteiger partial charge in [-0.2, -0.15) is 0 Å². The lowest BCUT2D eigenvalue weighted by Crippen LogP contribution is -2.16. The number of nitrogen functional groups attached to an aromatic ring is 1. The van der Waals surface area contributed by atoms with Gasteiger partial charge in [-0.15, -0.1) is 0 Å². The second-order valence-corrected chi connectivity index (χ2v) is 6.18. The summed E-state index contributed by atoms with van der Waals surface area (Å²) in [4.78, 5) is 0. The average molecular weight is 240 g/mol. The number of aromatic nitrogens is 1. The molecule has 0 aliphatic heterocycles. The van der Waals surface area contributed by atoms with E-state index in [9.17, 15) is 0 Å². The van der Waals surface area contributed by atoms with Gasteiger partial charge in [0.15, 0.2) is 0 Å². The number of hydrogen-bond acceptors (Lipinski definition) is 1. The van der Waals surface area contributed by atoms with Crippen LogP contribution in [0, 0.1) is 17.8 Å². The van der Waals surface area contributed by atoms with Gasteiger partial charge in [0, 0.05) is 23.8 Å². The van der Waals surface area contributed by atoms with Gasteiger partial charge in [-0.1, -0.05) is 12.5 Å². The molecule has 2 aromatic rings. The molecule has 1 heterocycles. The van der Waals surface area contributed by atoms with Crippen LogP contribution in [0.3, 0.4) is 0 Å². The van der Waals surface area contributed by atoms with Crippen molar-refractivity contribution in [1.82, 2.24) is 4.57 Å². The van der Waals surface area contributed by atoms with Crippen LogP contribution in [0.4, 0.5) is 5.69 Å². The number of fused-ring (bicyclic) bond motifs is 3. The summed E-state index contributed by atoms with van der Waals surface area (Å²) in [6.45, 7) is 1.19. The number of nitrogens with two attached hydrogens (primary N) is 1. The number of rotatable bonds is 2. The summed E-state index contributed by atoms with van der Waals surface area (Å²) >= 11 is 0. The highest BCUT2D eigenvalue weighted by Gasteiger charge is 2.39. The third kappa shape index (κ3) is 1.48. The minimum Gasteiger partial charge on any atom is -0.398 e. The van der Waals surface area contributed by atoms with Gasteiger partial charge in [0.05, 0.1) is 5.52 Å². The van der Waals surface area contributed by atoms with Crippen molar-refractivity contribution in [2.24, 2.45) is 17.8 Å². The third-order valence-electron chi connectivity index (χ3n) is 5.16. The van der Waals surface area contributed by atoms with E-state index in [2.05, 4.69) is 29.0 Å². The van der Waals surface area contributed by atoms with E-state index in [1.54, 1.807) is 0 Å². The van der Waals surface area contributed by atoms with Gasteiger partial charge in [0.25, 0.3) is 0 Å². The molecule has 3 atom stereocenters. The molecule has 2 saturated carbocycles. The molecule has 2 bridgehead atoms. The van der Waals surface area contributed by atoms with Crippen molar-refractivity contribution >= 4 is 16.6 Å². The average Bonchev–Trinajstić information content (AvgIpc) is 3.05. The standard InChI is InChI=1S/C16H20N2/c17-15-2-1-3-16-14(15)6-7-18(16)10-13-9-11-4-5-12(13)8-11/h1-3,6-7,11-13H,4-5,8-10,17H2. The Balaban J connectivity index is 1.65. The van der Waals surface area contributed by atoms with Crippen LogP contribution >= 0.6 is 0 Å². The molecular formula is C16H20N2. The summed E-state index contributed by atoms with van der Waals surface area (Å²) in [5.74, 6) is 2.93. The molecule has 1 aromatic heterocycles. The highest BCUT2D eigenvalue weighted by molar-refractivity contribution is 5.91. The number of hydrogen-bond donors (Lipinski definition) is 1. The molecule has 18 heavy (non-hydrogen) atoms. The lowest BCUT2D eigenvalue weighted by atomic mass is 9.89. The summed E-state index contributed by atoms with van der Waals surface area (Å²) in [6.07, 6.45) is 8.11. The second-order valence-electron chi connectivity index (χ2n) is 6.18. The molecule has 0 radical (unpaired) electrons. The first-order chi connectivity index (χ1) is 8.81. The Morgan fingerprint density at radius 1 is 1.17 bits per heavy atom. The van der Waals surface area contributed by atoms with Crippen molar-refractivity contribution in [2.45, 2.75) is 32.2 Å². The van der Waals surface area contributed by atoms with Gasteiger partial charge in [0.1, 0.15) is 0 Å². The zero-order valence-corrected chi connectivity index (χ0v) is 10.7. The van der Waals surface area contributed by atoms with Gasteiger partial charge in [-0.25, -0.2) is 0 Å². The molecule has 1 aromatic carbocycles. The van der Waals surface area contributed by atoms with Crippen molar-refractivity contribution in [2.75, 3.05) is 5.73 Å². The Labute approximate surface area is 108 Å². The molecule has 0 saturated heterocycles. The minimum atomic E-state index is 0.902. The van der Waals surface area contributed by atoms with E-state index in [0.717, 1.165) is 23.4 Å². The molecule has 2 aliphatic carbocycles. The Hall–Kier alpha value is -1.44. The van der Waals surface area contributed by atoms with E-state index in [1.807, 2.05) is 6.07 Å². The molecule has 2 fully saturated rings. The maximum absolute atomic E-state index is 6.02. The number of nitrogens with zero attached hydrogens (tertiary/aromatic N) is 1. The van der Waals surface area contributed by atoms with Crippen LogP contribution in [0.5, 0.6) is 0 Å². The molecule has 94 valence electrons. The predicted molar refractivity (Wildman–Crippen MR) is 75.3 cm³/mol. The number of benzene rings is 1. The molecular weight excluding hydrogens is 220 g/mol. The normalized spacial score (nSPS) is 30.3. The fourth-order valence-corrected chi connectivity index (χ4v) is 4.26. The molecule has 2 heteroatoms. The van der Waals surface area contributed by atoms with Crippen LogP contribution in [0.2, 0.25) is 0 Å². The summed E-state index contributed by atoms with van der Waals surface area (Å²) in [5, 5.41) is 1.21. The summed E-state index contributed by atoms with van der Waals surface area (Å²) in [7, 11) is 0. The highest BCUT2D eigenvalue weighted by atomic mass is 15.0. The van der Waals surface area contributed by atoms with Gasteiger partial charge >= 0.3 is 0 Å². The van der Waals surface area contributed by atoms with Crippen LogP contribution in [0.25, 0.3) is 10.9 Å². The Kier molecular flexibility index (Phi) is 2.20. The van der Waals surface area contributed by atoms with Crippen LogP contribution in [0.15, 0.2) is 30.5 Å². The Bertz CT molecular complexity index is 584. The van der Waals surface area contributed by atoms with Crippen LogP contribution in [-0.2, 0) is 6.54 Å². The molecule has 0 spiro atoms. The molecule has 3 unspecified atom stereocenters. The van der Waals surface area contributed by atoms with Crippen LogP contribution in [-0.4, -0.2) is 4.57 Å². The van der Waals surface area contributed by atoms with Crippen LogP contribution < -0.4 is 5.73 Å². The Morgan fingerprint density at radius 3 is 2.89 bits per heavy atom. The molecule has 2 aliphatic rings. The zero-order valence-electron chi connectivity index (χ0n) is 10.7. The first-order valence-electron chi connectivity index (χ1n) is 7.14. The molecule has 4 rings (SSSR count). The monoisotopic (exact) mass is 240 g/mol. The van der Waals surface area contributed by atoms with E-state index in [4.69, 9.17) is 5.73 Å². The lowest BCUT2D eigenvalue weighted by Gasteiger charge is -2.22. The first-order valence-corrected chi connectivity index (χ1v) is 7.14. The first kappa shape index (κ1) is 10.5. The minimum absolute atomic E-state index is 0.902. The maximum atomic E-state index is 6.02. The van der Waals surface area contributed by atoms with Crippen molar-refractivity contribution in [3.05, 3.63) is 30.5 Å². The fraction of sp³-hybridized carbons (Fsp3) is 0.500. The Morgan fingerprint density at radius 2 is 2.11 bits per heavy atom. The summed E-state index contributed by atoms with van der Waals surface area (Å²) in [5.41, 5.74) is 8.23. The van der Waals surface area contributed by atoms with E-state index < -0.39 is 0 Å². The quantitative estimate of drug-likeness (QED) is 0.798. The van der Waals surface area contributed by atoms with Crippen molar-refractivity contribution in [3.8, 4) is 0 Å². The predicted octanol–water partition coefficient (Wildman–Crippen LogP) is 3.66.